The van der Waals surface area contributed by atoms with Gasteiger partial charge in [0.05, 0.1) is 0 Å². The van der Waals surface area contributed by atoms with Crippen molar-refractivity contribution in [3.63, 3.8) is 0 Å². The van der Waals surface area contributed by atoms with E-state index in [9.17, 15) is 9.59 Å². The minimum absolute atomic E-state index is 0.0125. The van der Waals surface area contributed by atoms with Gasteiger partial charge in [0.1, 0.15) is 12.4 Å². The van der Waals surface area contributed by atoms with Gasteiger partial charge in [0.15, 0.2) is 5.78 Å². The van der Waals surface area contributed by atoms with E-state index in [0.29, 0.717) is 5.04 Å². The van der Waals surface area contributed by atoms with Crippen LogP contribution < -0.4 is 0 Å². The van der Waals surface area contributed by atoms with Gasteiger partial charge in [0, 0.05) is 27.6 Å². The summed E-state index contributed by atoms with van der Waals surface area (Å²) in [5.74, 6) is -0.202. The van der Waals surface area contributed by atoms with Gasteiger partial charge in [-0.05, 0) is 5.04 Å². The van der Waals surface area contributed by atoms with E-state index < -0.39 is 6.61 Å². The van der Waals surface area contributed by atoms with Crippen molar-refractivity contribution in [2.24, 2.45) is 5.92 Å². The summed E-state index contributed by atoms with van der Waals surface area (Å²) in [5.41, 5.74) is 0. The van der Waals surface area contributed by atoms with E-state index in [1.165, 1.54) is 0 Å². The van der Waals surface area contributed by atoms with Crippen molar-refractivity contribution >= 4 is 20.4 Å². The fourth-order valence-corrected chi connectivity index (χ4v) is 0.630. The van der Waals surface area contributed by atoms with E-state index in [2.05, 4.69) is 33.9 Å². The van der Waals surface area contributed by atoms with Crippen molar-refractivity contribution in [2.75, 3.05) is 6.61 Å². The third-order valence-electron chi connectivity index (χ3n) is 2.97. The first-order valence-corrected chi connectivity index (χ1v) is 8.98. The zero-order chi connectivity index (χ0) is 14.9. The van der Waals surface area contributed by atoms with Crippen molar-refractivity contribution in [3.8, 4) is 0 Å². The second-order valence-electron chi connectivity index (χ2n) is 6.07. The van der Waals surface area contributed by atoms with Gasteiger partial charge >= 0.3 is 0 Å². The quantitative estimate of drug-likeness (QED) is 0.783. The number of hydrogen-bond acceptors (Lipinski definition) is 3. The zero-order valence-electron chi connectivity index (χ0n) is 13.0. The van der Waals surface area contributed by atoms with E-state index >= 15 is 0 Å². The molecule has 0 aliphatic carbocycles. The number of carbonyl (C=O) groups is 2. The maximum atomic E-state index is 10.9. The van der Waals surface area contributed by atoms with Crippen LogP contribution in [0.25, 0.3) is 0 Å². The molecule has 1 N–H and O–H groups in total. The lowest BCUT2D eigenvalue weighted by Gasteiger charge is -2.20. The van der Waals surface area contributed by atoms with Gasteiger partial charge in [-0.15, -0.1) is 0 Å². The minimum atomic E-state index is -0.453. The smallest absolute Gasteiger partial charge is 0.158 e. The standard InChI is InChI=1S/C8H14O3.C6H15Si/c1-6(2)8(11)4-3-7(10)5-9;1-6(2,3)7(4)5/h6,9H,3-5H2,1-2H3;1-5H3. The molecule has 18 heavy (non-hydrogen) atoms. The summed E-state index contributed by atoms with van der Waals surface area (Å²) in [4.78, 5) is 21.5. The van der Waals surface area contributed by atoms with Gasteiger partial charge in [-0.3, -0.25) is 9.59 Å². The lowest BCUT2D eigenvalue weighted by molar-refractivity contribution is -0.127. The number of Topliss-reactive ketones (excluding diaryl/α,β-unsaturated/α-hetero) is 2. The van der Waals surface area contributed by atoms with Crippen LogP contribution in [-0.4, -0.2) is 32.1 Å². The predicted octanol–water partition coefficient (Wildman–Crippen LogP) is 3.09. The van der Waals surface area contributed by atoms with Crippen molar-refractivity contribution in [2.45, 2.75) is 65.6 Å². The molecule has 0 heterocycles. The third-order valence-corrected chi connectivity index (χ3v) is 5.97. The molecule has 0 saturated carbocycles. The summed E-state index contributed by atoms with van der Waals surface area (Å²) in [7, 11) is -0.0502. The summed E-state index contributed by atoms with van der Waals surface area (Å²) in [6, 6.07) is 0. The average Bonchev–Trinajstić information content (AvgIpc) is 2.24. The summed E-state index contributed by atoms with van der Waals surface area (Å²) >= 11 is 0. The summed E-state index contributed by atoms with van der Waals surface area (Å²) in [5, 5.41) is 8.93. The van der Waals surface area contributed by atoms with Crippen LogP contribution in [-0.2, 0) is 9.59 Å². The van der Waals surface area contributed by atoms with Crippen LogP contribution in [0.15, 0.2) is 0 Å². The number of aliphatic hydroxyl groups is 1. The lowest BCUT2D eigenvalue weighted by atomic mass is 10.0. The van der Waals surface area contributed by atoms with Crippen LogP contribution in [0.1, 0.15) is 47.5 Å². The van der Waals surface area contributed by atoms with E-state index in [0.717, 1.165) is 0 Å². The lowest BCUT2D eigenvalue weighted by Crippen LogP contribution is -2.16. The fraction of sp³-hybridized carbons (Fsp3) is 0.857. The molecule has 0 bridgehead atoms. The molecule has 0 aliphatic rings. The van der Waals surface area contributed by atoms with Gasteiger partial charge in [0.25, 0.3) is 0 Å². The highest BCUT2D eigenvalue weighted by molar-refractivity contribution is 6.59. The van der Waals surface area contributed by atoms with Crippen LogP contribution in [0.4, 0.5) is 0 Å². The molecule has 1 radical (unpaired) electrons. The Labute approximate surface area is 114 Å². The molecular formula is C14H29O3Si. The highest BCUT2D eigenvalue weighted by atomic mass is 28.3. The van der Waals surface area contributed by atoms with E-state index in [4.69, 9.17) is 5.11 Å². The van der Waals surface area contributed by atoms with Crippen LogP contribution >= 0.6 is 0 Å². The van der Waals surface area contributed by atoms with E-state index in [1.807, 2.05) is 0 Å². The Hall–Kier alpha value is -0.483. The van der Waals surface area contributed by atoms with Crippen LogP contribution in [0.5, 0.6) is 0 Å². The van der Waals surface area contributed by atoms with Crippen LogP contribution in [0, 0.1) is 5.92 Å². The van der Waals surface area contributed by atoms with Crippen molar-refractivity contribution < 1.29 is 14.7 Å². The Morgan fingerprint density at radius 3 is 1.72 bits per heavy atom. The highest BCUT2D eigenvalue weighted by Crippen LogP contribution is 2.25. The first kappa shape index (κ1) is 19.8. The SMILES string of the molecule is CC(C)C(=O)CCC(=O)CO.C[Si](C)C(C)(C)C. The molecule has 3 nitrogen and oxygen atoms in total. The first-order chi connectivity index (χ1) is 8.02. The largest absolute Gasteiger partial charge is 0.389 e. The van der Waals surface area contributed by atoms with Gasteiger partial charge in [-0.25, -0.2) is 0 Å². The van der Waals surface area contributed by atoms with Gasteiger partial charge in [-0.1, -0.05) is 47.7 Å². The number of rotatable bonds is 5. The Bertz CT molecular complexity index is 252. The molecule has 0 aromatic heterocycles. The maximum absolute atomic E-state index is 10.9. The first-order valence-electron chi connectivity index (χ1n) is 6.48. The van der Waals surface area contributed by atoms with E-state index in [1.54, 1.807) is 13.8 Å². The maximum Gasteiger partial charge on any atom is 0.158 e. The average molecular weight is 273 g/mol. The van der Waals surface area contributed by atoms with E-state index in [-0.39, 0.29) is 39.1 Å². The Balaban J connectivity index is 0. The molecule has 0 aromatic carbocycles. The second-order valence-corrected chi connectivity index (χ2v) is 9.57. The molecule has 0 amide bonds. The fourth-order valence-electron chi connectivity index (χ4n) is 0.630. The molecule has 0 spiro atoms. The van der Waals surface area contributed by atoms with Gasteiger partial charge in [-0.2, -0.15) is 0 Å². The van der Waals surface area contributed by atoms with Crippen LogP contribution in [0.2, 0.25) is 18.1 Å². The molecule has 107 valence electrons. The highest BCUT2D eigenvalue weighted by Gasteiger charge is 2.15. The van der Waals surface area contributed by atoms with Gasteiger partial charge in [0.2, 0.25) is 0 Å². The predicted molar refractivity (Wildman–Crippen MR) is 78.4 cm³/mol. The van der Waals surface area contributed by atoms with Crippen molar-refractivity contribution in [1.82, 2.24) is 0 Å². The molecule has 4 heteroatoms. The molecule has 0 rings (SSSR count). The Morgan fingerprint density at radius 1 is 1.11 bits per heavy atom. The van der Waals surface area contributed by atoms with Crippen molar-refractivity contribution in [3.05, 3.63) is 0 Å². The number of aliphatic hydroxyl groups excluding tert-OH is 1. The minimum Gasteiger partial charge on any atom is -0.389 e. The molecule has 0 fully saturated rings. The molecule has 0 unspecified atom stereocenters. The Kier molecular flexibility index (Phi) is 10.4. The molecular weight excluding hydrogens is 244 g/mol. The Morgan fingerprint density at radius 2 is 1.50 bits per heavy atom. The monoisotopic (exact) mass is 273 g/mol. The summed E-state index contributed by atoms with van der Waals surface area (Å²) < 4.78 is 0. The molecule has 0 saturated heterocycles. The topological polar surface area (TPSA) is 54.4 Å². The van der Waals surface area contributed by atoms with Gasteiger partial charge < -0.3 is 5.11 Å². The normalized spacial score (nSPS) is 11.2. The van der Waals surface area contributed by atoms with Crippen molar-refractivity contribution in [1.29, 1.82) is 0 Å². The molecule has 0 atom stereocenters. The number of carbonyl (C=O) groups excluding carboxylic acids is 2. The number of ketones is 2. The molecule has 0 aromatic rings. The second kappa shape index (κ2) is 9.45. The molecule has 0 aliphatic heterocycles. The third kappa shape index (κ3) is 12.0. The van der Waals surface area contributed by atoms with Crippen LogP contribution in [0.3, 0.4) is 0 Å². The zero-order valence-corrected chi connectivity index (χ0v) is 14.0. The summed E-state index contributed by atoms with van der Waals surface area (Å²) in [6.07, 6.45) is 0.435. The summed E-state index contributed by atoms with van der Waals surface area (Å²) in [6.45, 7) is 14.8. The number of hydrogen-bond donors (Lipinski definition) is 1.